The summed E-state index contributed by atoms with van der Waals surface area (Å²) >= 11 is 0. The second-order valence-electron chi connectivity index (χ2n) is 11.2. The van der Waals surface area contributed by atoms with Gasteiger partial charge in [-0.05, 0) is 18.8 Å². The molecule has 23 heteroatoms. The van der Waals surface area contributed by atoms with Gasteiger partial charge in [-0.25, -0.2) is 4.79 Å². The Balaban J connectivity index is 6.11. The van der Waals surface area contributed by atoms with Crippen molar-refractivity contribution in [2.45, 2.75) is 95.0 Å². The third-order valence-electron chi connectivity index (χ3n) is 6.58. The molecular formula is C27H41N7O16. The summed E-state index contributed by atoms with van der Waals surface area (Å²) in [6, 6.07) is -10.8. The molecule has 0 saturated heterocycles. The fourth-order valence-corrected chi connectivity index (χ4v) is 3.98. The molecule has 0 aromatic carbocycles. The molecule has 6 atom stereocenters. The van der Waals surface area contributed by atoms with Gasteiger partial charge in [0.2, 0.25) is 35.4 Å². The summed E-state index contributed by atoms with van der Waals surface area (Å²) in [6.07, 6.45) is -5.32. The van der Waals surface area contributed by atoms with Crippen molar-refractivity contribution in [1.29, 1.82) is 0 Å². The van der Waals surface area contributed by atoms with Crippen LogP contribution in [-0.4, -0.2) is 127 Å². The van der Waals surface area contributed by atoms with Gasteiger partial charge < -0.3 is 63.6 Å². The first-order valence-corrected chi connectivity index (χ1v) is 14.7. The summed E-state index contributed by atoms with van der Waals surface area (Å²) in [7, 11) is 0. The predicted octanol–water partition coefficient (Wildman–Crippen LogP) is -4.97. The predicted molar refractivity (Wildman–Crippen MR) is 162 cm³/mol. The molecule has 0 unspecified atom stereocenters. The first-order chi connectivity index (χ1) is 23.0. The lowest BCUT2D eigenvalue weighted by molar-refractivity contribution is -0.145. The molecular weight excluding hydrogens is 678 g/mol. The molecule has 0 fully saturated rings. The maximum absolute atomic E-state index is 13.1. The van der Waals surface area contributed by atoms with Crippen LogP contribution in [0.3, 0.4) is 0 Å². The fourth-order valence-electron chi connectivity index (χ4n) is 3.98. The lowest BCUT2D eigenvalue weighted by Crippen LogP contribution is -2.60. The second-order valence-corrected chi connectivity index (χ2v) is 11.2. The van der Waals surface area contributed by atoms with Gasteiger partial charge in [0.1, 0.15) is 30.2 Å². The first-order valence-electron chi connectivity index (χ1n) is 14.7. The maximum atomic E-state index is 13.1. The third kappa shape index (κ3) is 17.3. The topological polar surface area (TPSA) is 401 Å². The highest BCUT2D eigenvalue weighted by Gasteiger charge is 2.35. The highest BCUT2D eigenvalue weighted by Crippen LogP contribution is 2.07. The number of amides is 6. The van der Waals surface area contributed by atoms with Crippen LogP contribution in [0.15, 0.2) is 0 Å². The first kappa shape index (κ1) is 44.1. The Kier molecular flexibility index (Phi) is 18.7. The van der Waals surface area contributed by atoms with Crippen molar-refractivity contribution in [2.24, 2.45) is 17.4 Å². The highest BCUT2D eigenvalue weighted by molar-refractivity contribution is 5.99. The van der Waals surface area contributed by atoms with Gasteiger partial charge in [-0.15, -0.1) is 0 Å². The van der Waals surface area contributed by atoms with Crippen LogP contribution < -0.4 is 38.1 Å². The van der Waals surface area contributed by atoms with E-state index in [4.69, 9.17) is 16.6 Å². The van der Waals surface area contributed by atoms with Crippen LogP contribution in [0.5, 0.6) is 0 Å². The van der Waals surface area contributed by atoms with Gasteiger partial charge in [-0.3, -0.25) is 47.9 Å². The Morgan fingerprint density at radius 1 is 0.500 bits per heavy atom. The normalized spacial score (nSPS) is 14.3. The van der Waals surface area contributed by atoms with E-state index in [1.54, 1.807) is 0 Å². The van der Waals surface area contributed by atoms with Gasteiger partial charge >= 0.3 is 29.8 Å². The van der Waals surface area contributed by atoms with E-state index < -0.39 is 146 Å². The van der Waals surface area contributed by atoms with Crippen molar-refractivity contribution in [3.63, 3.8) is 0 Å². The number of carbonyl (C=O) groups is 11. The largest absolute Gasteiger partial charge is 0.481 e. The van der Waals surface area contributed by atoms with E-state index in [-0.39, 0.29) is 6.42 Å². The molecule has 0 rings (SSSR count). The third-order valence-corrected chi connectivity index (χ3v) is 6.58. The van der Waals surface area contributed by atoms with Crippen LogP contribution in [0.1, 0.15) is 58.8 Å². The minimum Gasteiger partial charge on any atom is -0.481 e. The summed E-state index contributed by atoms with van der Waals surface area (Å²) in [5, 5.41) is 56.0. The minimum atomic E-state index is -2.13. The highest BCUT2D eigenvalue weighted by atomic mass is 16.4. The molecule has 0 aliphatic heterocycles. The quantitative estimate of drug-likeness (QED) is 0.0444. The summed E-state index contributed by atoms with van der Waals surface area (Å²) < 4.78 is 0. The second kappa shape index (κ2) is 21.2. The van der Waals surface area contributed by atoms with Gasteiger partial charge in [0, 0.05) is 12.8 Å². The van der Waals surface area contributed by atoms with Gasteiger partial charge in [0.25, 0.3) is 0 Å². The lowest BCUT2D eigenvalue weighted by atomic mass is 10.0. The van der Waals surface area contributed by atoms with Gasteiger partial charge in [-0.2, -0.15) is 0 Å². The van der Waals surface area contributed by atoms with Crippen LogP contribution >= 0.6 is 0 Å². The molecule has 0 aliphatic rings. The van der Waals surface area contributed by atoms with Crippen molar-refractivity contribution in [2.75, 3.05) is 0 Å². The van der Waals surface area contributed by atoms with Crippen LogP contribution in [0.2, 0.25) is 0 Å². The molecule has 0 spiro atoms. The van der Waals surface area contributed by atoms with E-state index in [0.29, 0.717) is 0 Å². The van der Waals surface area contributed by atoms with E-state index in [0.717, 1.165) is 0 Å². The van der Waals surface area contributed by atoms with Crippen LogP contribution in [0.4, 0.5) is 0 Å². The monoisotopic (exact) mass is 719 g/mol. The minimum absolute atomic E-state index is 0.297. The molecule has 0 heterocycles. The molecule has 280 valence electrons. The number of carbonyl (C=O) groups excluding carboxylic acids is 6. The zero-order valence-electron chi connectivity index (χ0n) is 26.9. The van der Waals surface area contributed by atoms with E-state index in [1.807, 2.05) is 16.0 Å². The van der Waals surface area contributed by atoms with Crippen molar-refractivity contribution >= 4 is 65.3 Å². The standard InChI is InChI=1S/C27H41N7O16/c1-10(2)21(34-22(44)11(28)3-6-17(36)37)26(48)33-15(9-20(42)43)25(47)32-14(8-19(40)41)24(46)31-13(7-18(38)39)23(45)30-12(27(49)50)4-5-16(29)35/h10-15,21H,3-9,28H2,1-2H3,(H2,29,35)(H,30,45)(H,31,46)(H,32,47)(H,33,48)(H,34,44)(H,36,37)(H,38,39)(H,40,41)(H,42,43)(H,49,50)/t11-,12-,13-,14-,15-,21-/m0/s1. The SMILES string of the molecule is CC(C)[C@H](NC(=O)[C@@H](N)CCC(=O)O)C(=O)N[C@@H](CC(=O)O)C(=O)N[C@@H](CC(=O)O)C(=O)N[C@@H](CC(=O)O)C(=O)N[C@@H](CCC(N)=O)C(=O)O. The maximum Gasteiger partial charge on any atom is 0.326 e. The number of hydrogen-bond donors (Lipinski definition) is 12. The van der Waals surface area contributed by atoms with Crippen molar-refractivity contribution in [3.05, 3.63) is 0 Å². The molecule has 50 heavy (non-hydrogen) atoms. The zero-order valence-corrected chi connectivity index (χ0v) is 26.9. The van der Waals surface area contributed by atoms with E-state index in [9.17, 15) is 73.2 Å². The zero-order chi connectivity index (χ0) is 38.9. The molecule has 0 aliphatic carbocycles. The Hall–Kier alpha value is -5.87. The molecule has 0 bridgehead atoms. The Morgan fingerprint density at radius 3 is 1.20 bits per heavy atom. The number of primary amides is 1. The number of nitrogens with two attached hydrogens (primary N) is 2. The van der Waals surface area contributed by atoms with Crippen LogP contribution in [-0.2, 0) is 52.7 Å². The van der Waals surface area contributed by atoms with Gasteiger partial charge in [-0.1, -0.05) is 13.8 Å². The van der Waals surface area contributed by atoms with Crippen molar-refractivity contribution < 1.29 is 78.3 Å². The van der Waals surface area contributed by atoms with E-state index >= 15 is 0 Å². The van der Waals surface area contributed by atoms with Crippen molar-refractivity contribution in [1.82, 2.24) is 26.6 Å². The number of carboxylic acid groups (broad SMARTS) is 5. The average molecular weight is 720 g/mol. The van der Waals surface area contributed by atoms with E-state index in [1.165, 1.54) is 13.8 Å². The molecule has 0 aromatic heterocycles. The average Bonchev–Trinajstić information content (AvgIpc) is 2.97. The summed E-state index contributed by atoms with van der Waals surface area (Å²) in [5.41, 5.74) is 10.6. The molecule has 0 aromatic rings. The Bertz CT molecular complexity index is 1340. The van der Waals surface area contributed by atoms with Crippen LogP contribution in [0, 0.1) is 5.92 Å². The van der Waals surface area contributed by atoms with Gasteiger partial charge in [0.05, 0.1) is 25.3 Å². The number of rotatable bonds is 24. The van der Waals surface area contributed by atoms with Crippen molar-refractivity contribution in [3.8, 4) is 0 Å². The molecule has 14 N–H and O–H groups in total. The summed E-state index contributed by atoms with van der Waals surface area (Å²) in [6.45, 7) is 2.90. The summed E-state index contributed by atoms with van der Waals surface area (Å²) in [4.78, 5) is 132. The fraction of sp³-hybridized carbons (Fsp3) is 0.593. The molecule has 6 amide bonds. The Labute approximate surface area is 282 Å². The lowest BCUT2D eigenvalue weighted by Gasteiger charge is -2.27. The number of aliphatic carboxylic acids is 5. The van der Waals surface area contributed by atoms with E-state index in [2.05, 4.69) is 10.6 Å². The number of carboxylic acids is 5. The van der Waals surface area contributed by atoms with Gasteiger partial charge in [0.15, 0.2) is 0 Å². The number of nitrogens with one attached hydrogen (secondary N) is 5. The smallest absolute Gasteiger partial charge is 0.326 e. The summed E-state index contributed by atoms with van der Waals surface area (Å²) in [5.74, 6) is -16.0. The molecule has 0 saturated carbocycles. The number of hydrogen-bond acceptors (Lipinski definition) is 12. The van der Waals surface area contributed by atoms with Crippen LogP contribution in [0.25, 0.3) is 0 Å². The molecule has 0 radical (unpaired) electrons. The Morgan fingerprint density at radius 2 is 0.880 bits per heavy atom. The molecule has 23 nitrogen and oxygen atoms in total.